The van der Waals surface area contributed by atoms with Gasteiger partial charge in [0.2, 0.25) is 17.7 Å². The molecule has 0 saturated carbocycles. The molecule has 0 aromatic heterocycles. The number of aldehydes is 1. The van der Waals surface area contributed by atoms with Gasteiger partial charge in [0.05, 0.1) is 38.0 Å². The van der Waals surface area contributed by atoms with E-state index < -0.39 is 12.1 Å². The SMILES string of the molecule is CC(C)C[C@H](NC[C@H](CCc1ccccc1)NC(=O)CN1CCOCC1)C(=O)N[C@@H](Cc1ccccc1)C(=O)NC(C[C@H](C)C=O)C[C@]1(C)CO1. The number of epoxide rings is 1. The Balaban J connectivity index is 1.46. The Morgan fingerprint density at radius 1 is 0.843 bits per heavy atom. The predicted octanol–water partition coefficient (Wildman–Crippen LogP) is 3.06. The third kappa shape index (κ3) is 14.9. The van der Waals surface area contributed by atoms with E-state index in [0.29, 0.717) is 65.0 Å². The zero-order valence-corrected chi connectivity index (χ0v) is 30.9. The van der Waals surface area contributed by atoms with Gasteiger partial charge in [0.1, 0.15) is 12.3 Å². The number of carbonyl (C=O) groups is 4. The molecule has 51 heavy (non-hydrogen) atoms. The van der Waals surface area contributed by atoms with E-state index in [9.17, 15) is 19.2 Å². The lowest BCUT2D eigenvalue weighted by molar-refractivity contribution is -0.130. The maximum Gasteiger partial charge on any atom is 0.243 e. The highest BCUT2D eigenvalue weighted by molar-refractivity contribution is 5.90. The van der Waals surface area contributed by atoms with Crippen LogP contribution in [0.5, 0.6) is 0 Å². The summed E-state index contributed by atoms with van der Waals surface area (Å²) in [4.78, 5) is 54.8. The first-order valence-corrected chi connectivity index (χ1v) is 18.6. The lowest BCUT2D eigenvalue weighted by atomic mass is 9.94. The smallest absolute Gasteiger partial charge is 0.243 e. The topological polar surface area (TPSA) is 141 Å². The third-order valence-electron chi connectivity index (χ3n) is 9.56. The molecule has 280 valence electrons. The minimum absolute atomic E-state index is 0.0508. The summed E-state index contributed by atoms with van der Waals surface area (Å²) in [5.41, 5.74) is 1.78. The molecule has 6 atom stereocenters. The van der Waals surface area contributed by atoms with Crippen LogP contribution in [0.3, 0.4) is 0 Å². The average molecular weight is 706 g/mol. The van der Waals surface area contributed by atoms with E-state index in [4.69, 9.17) is 9.47 Å². The Morgan fingerprint density at radius 3 is 2.08 bits per heavy atom. The van der Waals surface area contributed by atoms with Gasteiger partial charge >= 0.3 is 0 Å². The number of benzene rings is 2. The molecule has 11 heteroatoms. The van der Waals surface area contributed by atoms with Crippen LogP contribution >= 0.6 is 0 Å². The zero-order valence-electron chi connectivity index (χ0n) is 30.9. The van der Waals surface area contributed by atoms with Gasteiger partial charge in [-0.1, -0.05) is 81.4 Å². The van der Waals surface area contributed by atoms with Crippen LogP contribution in [0.25, 0.3) is 0 Å². The van der Waals surface area contributed by atoms with Crippen LogP contribution in [0.15, 0.2) is 60.7 Å². The molecule has 2 fully saturated rings. The fourth-order valence-corrected chi connectivity index (χ4v) is 6.58. The molecule has 1 unspecified atom stereocenters. The van der Waals surface area contributed by atoms with E-state index in [0.717, 1.165) is 31.4 Å². The van der Waals surface area contributed by atoms with Crippen molar-refractivity contribution in [2.75, 3.05) is 46.0 Å². The fraction of sp³-hybridized carbons (Fsp3) is 0.600. The van der Waals surface area contributed by atoms with E-state index in [1.807, 2.05) is 62.4 Å². The largest absolute Gasteiger partial charge is 0.379 e. The molecule has 4 rings (SSSR count). The van der Waals surface area contributed by atoms with Crippen molar-refractivity contribution in [1.29, 1.82) is 0 Å². The number of hydrogen-bond acceptors (Lipinski definition) is 8. The lowest BCUT2D eigenvalue weighted by Crippen LogP contribution is -2.57. The Morgan fingerprint density at radius 2 is 1.47 bits per heavy atom. The second-order valence-electron chi connectivity index (χ2n) is 15.0. The van der Waals surface area contributed by atoms with Gasteiger partial charge in [-0.3, -0.25) is 19.3 Å². The van der Waals surface area contributed by atoms with Crippen LogP contribution in [0.4, 0.5) is 0 Å². The first kappa shape index (κ1) is 40.1. The van der Waals surface area contributed by atoms with Gasteiger partial charge in [-0.15, -0.1) is 0 Å². The van der Waals surface area contributed by atoms with Gasteiger partial charge in [0.25, 0.3) is 0 Å². The van der Waals surface area contributed by atoms with Crippen molar-refractivity contribution >= 4 is 24.0 Å². The average Bonchev–Trinajstić information content (AvgIpc) is 3.85. The van der Waals surface area contributed by atoms with Crippen molar-refractivity contribution in [3.63, 3.8) is 0 Å². The molecule has 3 amide bonds. The molecule has 2 aromatic rings. The highest BCUT2D eigenvalue weighted by Gasteiger charge is 2.42. The molecule has 2 aliphatic rings. The van der Waals surface area contributed by atoms with Crippen molar-refractivity contribution < 1.29 is 28.7 Å². The number of amides is 3. The van der Waals surface area contributed by atoms with E-state index in [1.54, 1.807) is 0 Å². The number of nitrogens with zero attached hydrogens (tertiary/aromatic N) is 1. The first-order chi connectivity index (χ1) is 24.5. The Hall–Kier alpha value is -3.64. The molecule has 2 saturated heterocycles. The standard InChI is InChI=1S/C40H59N5O6/c1-29(2)21-35(41-25-33(16-15-31-11-7-5-8-12-31)42-37(47)26-45-17-19-50-20-18-45)38(48)44-36(23-32-13-9-6-10-14-32)39(49)43-34(22-30(3)27-46)24-40(4)28-51-40/h5-14,27,29-30,33-36,41H,15-26,28H2,1-4H3,(H,42,47)(H,43,49)(H,44,48)/t30-,33-,34?,35-,36-,40+/m0/s1. The summed E-state index contributed by atoms with van der Waals surface area (Å²) < 4.78 is 11.1. The molecule has 0 bridgehead atoms. The normalized spacial score (nSPS) is 20.4. The van der Waals surface area contributed by atoms with Crippen LogP contribution in [-0.2, 0) is 41.5 Å². The molecular weight excluding hydrogens is 646 g/mol. The quantitative estimate of drug-likeness (QED) is 0.108. The van der Waals surface area contributed by atoms with E-state index in [-0.39, 0.29) is 47.2 Å². The minimum Gasteiger partial charge on any atom is -0.379 e. The number of rotatable bonds is 22. The molecule has 11 nitrogen and oxygen atoms in total. The molecule has 2 aliphatic heterocycles. The summed E-state index contributed by atoms with van der Waals surface area (Å²) in [7, 11) is 0. The van der Waals surface area contributed by atoms with Gasteiger partial charge in [-0.2, -0.15) is 0 Å². The maximum atomic E-state index is 14.1. The second kappa shape index (κ2) is 20.4. The molecule has 2 heterocycles. The summed E-state index contributed by atoms with van der Waals surface area (Å²) in [5, 5.41) is 12.9. The van der Waals surface area contributed by atoms with Crippen molar-refractivity contribution in [2.45, 2.75) is 96.0 Å². The number of aryl methyl sites for hydroxylation is 1. The van der Waals surface area contributed by atoms with Crippen LogP contribution in [0.1, 0.15) is 64.5 Å². The lowest BCUT2D eigenvalue weighted by Gasteiger charge is -2.29. The molecular formula is C40H59N5O6. The fourth-order valence-electron chi connectivity index (χ4n) is 6.58. The summed E-state index contributed by atoms with van der Waals surface area (Å²) in [6.45, 7) is 12.0. The van der Waals surface area contributed by atoms with Crippen molar-refractivity contribution in [3.05, 3.63) is 71.8 Å². The molecule has 2 aromatic carbocycles. The Labute approximate surface area is 304 Å². The highest BCUT2D eigenvalue weighted by Crippen LogP contribution is 2.32. The number of morpholine rings is 1. The number of ether oxygens (including phenoxy) is 2. The summed E-state index contributed by atoms with van der Waals surface area (Å²) in [6, 6.07) is 17.9. The summed E-state index contributed by atoms with van der Waals surface area (Å²) in [6.07, 6.45) is 4.31. The second-order valence-corrected chi connectivity index (χ2v) is 15.0. The van der Waals surface area contributed by atoms with Gasteiger partial charge < -0.3 is 35.5 Å². The Kier molecular flexibility index (Phi) is 16.1. The van der Waals surface area contributed by atoms with Crippen molar-refractivity contribution in [1.82, 2.24) is 26.2 Å². The van der Waals surface area contributed by atoms with E-state index >= 15 is 0 Å². The molecule has 4 N–H and O–H groups in total. The maximum absolute atomic E-state index is 14.1. The van der Waals surface area contributed by atoms with Crippen molar-refractivity contribution in [3.8, 4) is 0 Å². The monoisotopic (exact) mass is 705 g/mol. The third-order valence-corrected chi connectivity index (χ3v) is 9.56. The van der Waals surface area contributed by atoms with Crippen LogP contribution in [-0.4, -0.2) is 105 Å². The molecule has 0 radical (unpaired) electrons. The minimum atomic E-state index is -0.833. The zero-order chi connectivity index (χ0) is 36.6. The van der Waals surface area contributed by atoms with Crippen LogP contribution in [0, 0.1) is 11.8 Å². The van der Waals surface area contributed by atoms with E-state index in [2.05, 4.69) is 52.1 Å². The van der Waals surface area contributed by atoms with Gasteiger partial charge in [-0.05, 0) is 56.1 Å². The number of carbonyl (C=O) groups excluding carboxylic acids is 4. The van der Waals surface area contributed by atoms with E-state index in [1.165, 1.54) is 5.56 Å². The van der Waals surface area contributed by atoms with Gasteiger partial charge in [-0.25, -0.2) is 0 Å². The van der Waals surface area contributed by atoms with Crippen molar-refractivity contribution in [2.24, 2.45) is 11.8 Å². The molecule has 0 spiro atoms. The number of nitrogens with one attached hydrogen (secondary N) is 4. The van der Waals surface area contributed by atoms with Crippen LogP contribution < -0.4 is 21.3 Å². The van der Waals surface area contributed by atoms with Crippen LogP contribution in [0.2, 0.25) is 0 Å². The molecule has 0 aliphatic carbocycles. The first-order valence-electron chi connectivity index (χ1n) is 18.6. The Bertz CT molecular complexity index is 1370. The number of hydrogen-bond donors (Lipinski definition) is 4. The van der Waals surface area contributed by atoms with Gasteiger partial charge in [0.15, 0.2) is 0 Å². The summed E-state index contributed by atoms with van der Waals surface area (Å²) >= 11 is 0. The highest BCUT2D eigenvalue weighted by atomic mass is 16.6. The summed E-state index contributed by atoms with van der Waals surface area (Å²) in [5.74, 6) is -0.647. The van der Waals surface area contributed by atoms with Gasteiger partial charge in [0, 0.05) is 44.1 Å². The predicted molar refractivity (Wildman–Crippen MR) is 198 cm³/mol.